The number of nitrogens with one attached hydrogen (secondary N) is 1. The molecule has 2 aliphatic rings. The highest BCUT2D eigenvalue weighted by Crippen LogP contribution is 2.19. The first-order valence-corrected chi connectivity index (χ1v) is 8.01. The molecule has 3 N–H and O–H groups in total. The molecule has 1 unspecified atom stereocenters. The molecule has 2 rings (SSSR count). The molecular formula is C15H30Cl2N4O3. The zero-order valence-electron chi connectivity index (χ0n) is 14.5. The van der Waals surface area contributed by atoms with Crippen molar-refractivity contribution in [1.82, 2.24) is 15.1 Å². The van der Waals surface area contributed by atoms with E-state index >= 15 is 0 Å². The van der Waals surface area contributed by atoms with E-state index in [9.17, 15) is 9.59 Å². The molecule has 7 nitrogen and oxygen atoms in total. The maximum atomic E-state index is 12.2. The average molecular weight is 385 g/mol. The second-order valence-electron chi connectivity index (χ2n) is 6.77. The Morgan fingerprint density at radius 2 is 1.92 bits per heavy atom. The van der Waals surface area contributed by atoms with Crippen molar-refractivity contribution in [2.75, 3.05) is 52.5 Å². The Kier molecular flexibility index (Phi) is 10.1. The summed E-state index contributed by atoms with van der Waals surface area (Å²) < 4.78 is 5.31. The number of carbonyl (C=O) groups excluding carboxylic acids is 2. The fourth-order valence-electron chi connectivity index (χ4n) is 2.74. The molecule has 0 aromatic heterocycles. The van der Waals surface area contributed by atoms with Crippen LogP contribution in [0.5, 0.6) is 0 Å². The molecule has 2 saturated heterocycles. The van der Waals surface area contributed by atoms with Crippen LogP contribution in [0.25, 0.3) is 0 Å². The SMILES string of the molecule is CC(C)(CN)NC(=O)C1CC(=O)N(CCN2CCOCC2)C1.Cl.Cl. The number of nitrogens with zero attached hydrogens (tertiary/aromatic N) is 2. The highest BCUT2D eigenvalue weighted by molar-refractivity contribution is 5.89. The van der Waals surface area contributed by atoms with E-state index in [0.717, 1.165) is 32.8 Å². The summed E-state index contributed by atoms with van der Waals surface area (Å²) in [7, 11) is 0. The molecule has 9 heteroatoms. The predicted molar refractivity (Wildman–Crippen MR) is 97.7 cm³/mol. The van der Waals surface area contributed by atoms with Crippen LogP contribution in [-0.4, -0.2) is 79.6 Å². The summed E-state index contributed by atoms with van der Waals surface area (Å²) in [4.78, 5) is 28.4. The topological polar surface area (TPSA) is 87.9 Å². The maximum absolute atomic E-state index is 12.2. The van der Waals surface area contributed by atoms with Gasteiger partial charge < -0.3 is 20.7 Å². The van der Waals surface area contributed by atoms with Gasteiger partial charge in [-0.1, -0.05) is 0 Å². The lowest BCUT2D eigenvalue weighted by molar-refractivity contribution is -0.129. The van der Waals surface area contributed by atoms with Gasteiger partial charge in [0.1, 0.15) is 0 Å². The second-order valence-corrected chi connectivity index (χ2v) is 6.77. The van der Waals surface area contributed by atoms with E-state index < -0.39 is 5.54 Å². The van der Waals surface area contributed by atoms with Crippen molar-refractivity contribution in [2.24, 2.45) is 11.7 Å². The molecule has 0 aromatic rings. The van der Waals surface area contributed by atoms with Crippen LogP contribution < -0.4 is 11.1 Å². The Bertz CT molecular complexity index is 418. The average Bonchev–Trinajstić information content (AvgIpc) is 2.87. The number of rotatable bonds is 6. The number of amides is 2. The van der Waals surface area contributed by atoms with Gasteiger partial charge in [0.15, 0.2) is 0 Å². The fourth-order valence-corrected chi connectivity index (χ4v) is 2.74. The Morgan fingerprint density at radius 3 is 2.50 bits per heavy atom. The molecule has 2 aliphatic heterocycles. The van der Waals surface area contributed by atoms with Gasteiger partial charge in [0.25, 0.3) is 0 Å². The molecule has 2 amide bonds. The van der Waals surface area contributed by atoms with Gasteiger partial charge in [-0.15, -0.1) is 24.8 Å². The largest absolute Gasteiger partial charge is 0.379 e. The van der Waals surface area contributed by atoms with Crippen LogP contribution in [0.4, 0.5) is 0 Å². The molecule has 1 atom stereocenters. The second kappa shape index (κ2) is 10.4. The molecular weight excluding hydrogens is 355 g/mol. The van der Waals surface area contributed by atoms with E-state index in [-0.39, 0.29) is 42.5 Å². The normalized spacial score (nSPS) is 21.9. The first-order chi connectivity index (χ1) is 10.4. The van der Waals surface area contributed by atoms with Crippen LogP contribution in [-0.2, 0) is 14.3 Å². The summed E-state index contributed by atoms with van der Waals surface area (Å²) in [5.74, 6) is -0.264. The highest BCUT2D eigenvalue weighted by atomic mass is 35.5. The van der Waals surface area contributed by atoms with Crippen LogP contribution in [0, 0.1) is 5.92 Å². The lowest BCUT2D eigenvalue weighted by Crippen LogP contribution is -2.51. The Labute approximate surface area is 156 Å². The van der Waals surface area contributed by atoms with E-state index in [1.54, 1.807) is 4.90 Å². The van der Waals surface area contributed by atoms with Crippen molar-refractivity contribution in [1.29, 1.82) is 0 Å². The minimum absolute atomic E-state index is 0. The van der Waals surface area contributed by atoms with Gasteiger partial charge in [0.2, 0.25) is 11.8 Å². The van der Waals surface area contributed by atoms with Gasteiger partial charge in [-0.25, -0.2) is 0 Å². The van der Waals surface area contributed by atoms with E-state index in [1.165, 1.54) is 0 Å². The van der Waals surface area contributed by atoms with Crippen molar-refractivity contribution in [3.8, 4) is 0 Å². The third kappa shape index (κ3) is 6.72. The monoisotopic (exact) mass is 384 g/mol. The van der Waals surface area contributed by atoms with Gasteiger partial charge in [-0.3, -0.25) is 14.5 Å². The van der Waals surface area contributed by atoms with Crippen LogP contribution >= 0.6 is 24.8 Å². The highest BCUT2D eigenvalue weighted by Gasteiger charge is 2.35. The lowest BCUT2D eigenvalue weighted by Gasteiger charge is -2.29. The fraction of sp³-hybridized carbons (Fsp3) is 0.867. The van der Waals surface area contributed by atoms with Crippen molar-refractivity contribution < 1.29 is 14.3 Å². The number of ether oxygens (including phenoxy) is 1. The van der Waals surface area contributed by atoms with E-state index in [4.69, 9.17) is 10.5 Å². The summed E-state index contributed by atoms with van der Waals surface area (Å²) in [5, 5.41) is 2.92. The molecule has 2 fully saturated rings. The molecule has 2 heterocycles. The lowest BCUT2D eigenvalue weighted by atomic mass is 10.0. The summed E-state index contributed by atoms with van der Waals surface area (Å²) >= 11 is 0. The van der Waals surface area contributed by atoms with Crippen LogP contribution in [0.2, 0.25) is 0 Å². The van der Waals surface area contributed by atoms with Gasteiger partial charge >= 0.3 is 0 Å². The number of likely N-dealkylation sites (tertiary alicyclic amines) is 1. The van der Waals surface area contributed by atoms with Crippen molar-refractivity contribution >= 4 is 36.6 Å². The minimum atomic E-state index is -0.429. The summed E-state index contributed by atoms with van der Waals surface area (Å²) in [6.45, 7) is 9.53. The van der Waals surface area contributed by atoms with Gasteiger partial charge in [0.05, 0.1) is 19.1 Å². The number of nitrogens with two attached hydrogens (primary N) is 1. The number of hydrogen-bond acceptors (Lipinski definition) is 5. The van der Waals surface area contributed by atoms with E-state index in [0.29, 0.717) is 26.1 Å². The summed E-state index contributed by atoms with van der Waals surface area (Å²) in [5.41, 5.74) is 5.20. The molecule has 0 spiro atoms. The zero-order chi connectivity index (χ0) is 16.2. The van der Waals surface area contributed by atoms with Crippen molar-refractivity contribution in [3.05, 3.63) is 0 Å². The standard InChI is InChI=1S/C15H28N4O3.2ClH/c1-15(2,11-16)17-14(21)12-9-13(20)19(10-12)4-3-18-5-7-22-8-6-18;;/h12H,3-11,16H2,1-2H3,(H,17,21);2*1H. The third-order valence-corrected chi connectivity index (χ3v) is 4.35. The molecule has 0 radical (unpaired) electrons. The number of hydrogen-bond donors (Lipinski definition) is 2. The quantitative estimate of drug-likeness (QED) is 0.665. The molecule has 0 saturated carbocycles. The first kappa shape index (κ1) is 23.4. The van der Waals surface area contributed by atoms with Crippen molar-refractivity contribution in [3.63, 3.8) is 0 Å². The predicted octanol–water partition coefficient (Wildman–Crippen LogP) is -0.136. The maximum Gasteiger partial charge on any atom is 0.225 e. The minimum Gasteiger partial charge on any atom is -0.379 e. The zero-order valence-corrected chi connectivity index (χ0v) is 16.1. The molecule has 0 bridgehead atoms. The Balaban J connectivity index is 0.00000264. The summed E-state index contributed by atoms with van der Waals surface area (Å²) in [6, 6.07) is 0. The van der Waals surface area contributed by atoms with Gasteiger partial charge in [0, 0.05) is 51.2 Å². The number of halogens is 2. The number of carbonyl (C=O) groups is 2. The summed E-state index contributed by atoms with van der Waals surface area (Å²) in [6.07, 6.45) is 0.301. The van der Waals surface area contributed by atoms with Crippen LogP contribution in [0.3, 0.4) is 0 Å². The third-order valence-electron chi connectivity index (χ3n) is 4.35. The van der Waals surface area contributed by atoms with Crippen LogP contribution in [0.15, 0.2) is 0 Å². The molecule has 0 aliphatic carbocycles. The Hall–Kier alpha value is -0.600. The number of morpholine rings is 1. The molecule has 24 heavy (non-hydrogen) atoms. The van der Waals surface area contributed by atoms with Crippen molar-refractivity contribution in [2.45, 2.75) is 25.8 Å². The molecule has 0 aromatic carbocycles. The van der Waals surface area contributed by atoms with Gasteiger partial charge in [-0.05, 0) is 13.8 Å². The molecule has 142 valence electrons. The first-order valence-electron chi connectivity index (χ1n) is 8.01. The van der Waals surface area contributed by atoms with E-state index in [2.05, 4.69) is 10.2 Å². The van der Waals surface area contributed by atoms with Gasteiger partial charge in [-0.2, -0.15) is 0 Å². The smallest absolute Gasteiger partial charge is 0.225 e. The van der Waals surface area contributed by atoms with E-state index in [1.807, 2.05) is 13.8 Å². The Morgan fingerprint density at radius 1 is 1.29 bits per heavy atom. The van der Waals surface area contributed by atoms with Crippen LogP contribution in [0.1, 0.15) is 20.3 Å².